The number of esters is 1. The summed E-state index contributed by atoms with van der Waals surface area (Å²) in [6.07, 6.45) is 4.28. The molecule has 0 amide bonds. The lowest BCUT2D eigenvalue weighted by Gasteiger charge is -2.08. The predicted molar refractivity (Wildman–Crippen MR) is 63.2 cm³/mol. The lowest BCUT2D eigenvalue weighted by molar-refractivity contribution is 0.0596. The second kappa shape index (κ2) is 6.08. The van der Waals surface area contributed by atoms with E-state index in [9.17, 15) is 14.7 Å². The molecule has 0 fully saturated rings. The summed E-state index contributed by atoms with van der Waals surface area (Å²) in [7, 11) is 1.23. The standard InChI is InChI=1S/C12H17NO4/c1-3-4-5-6-13-8-9(12(16)17-2)10(14)7-11(13)15/h7-8,14H,3-6H2,1-2H3. The molecular formula is C12H17NO4. The number of carbonyl (C=O) groups excluding carboxylic acids is 1. The minimum absolute atomic E-state index is 0.0172. The van der Waals surface area contributed by atoms with Crippen LogP contribution < -0.4 is 5.56 Å². The van der Waals surface area contributed by atoms with E-state index in [1.807, 2.05) is 0 Å². The first-order chi connectivity index (χ1) is 8.10. The average molecular weight is 239 g/mol. The van der Waals surface area contributed by atoms with E-state index < -0.39 is 5.97 Å². The molecule has 0 bridgehead atoms. The lowest BCUT2D eigenvalue weighted by Crippen LogP contribution is -2.21. The molecule has 0 aliphatic rings. The molecule has 0 atom stereocenters. The van der Waals surface area contributed by atoms with Crippen molar-refractivity contribution in [1.82, 2.24) is 4.57 Å². The fourth-order valence-corrected chi connectivity index (χ4v) is 1.54. The summed E-state index contributed by atoms with van der Waals surface area (Å²) >= 11 is 0. The third-order valence-corrected chi connectivity index (χ3v) is 2.51. The molecule has 1 aromatic rings. The second-order valence-electron chi connectivity index (χ2n) is 3.80. The zero-order valence-corrected chi connectivity index (χ0v) is 10.1. The molecule has 5 nitrogen and oxygen atoms in total. The molecule has 5 heteroatoms. The van der Waals surface area contributed by atoms with E-state index in [-0.39, 0.29) is 16.9 Å². The third kappa shape index (κ3) is 3.34. The number of unbranched alkanes of at least 4 members (excludes halogenated alkanes) is 2. The van der Waals surface area contributed by atoms with Gasteiger partial charge in [0.2, 0.25) is 0 Å². The summed E-state index contributed by atoms with van der Waals surface area (Å²) in [6, 6.07) is 1.04. The first kappa shape index (κ1) is 13.3. The van der Waals surface area contributed by atoms with E-state index >= 15 is 0 Å². The minimum atomic E-state index is -0.647. The highest BCUT2D eigenvalue weighted by Gasteiger charge is 2.13. The Balaban J connectivity index is 2.98. The van der Waals surface area contributed by atoms with Gasteiger partial charge >= 0.3 is 5.97 Å². The summed E-state index contributed by atoms with van der Waals surface area (Å²) in [5.74, 6) is -0.986. The van der Waals surface area contributed by atoms with Crippen molar-refractivity contribution in [3.63, 3.8) is 0 Å². The number of aryl methyl sites for hydroxylation is 1. The molecule has 94 valence electrons. The highest BCUT2D eigenvalue weighted by molar-refractivity contribution is 5.91. The number of rotatable bonds is 5. The van der Waals surface area contributed by atoms with Gasteiger partial charge in [-0.25, -0.2) is 4.79 Å². The molecule has 0 aliphatic carbocycles. The molecule has 1 aromatic heterocycles. The van der Waals surface area contributed by atoms with E-state index in [1.54, 1.807) is 0 Å². The summed E-state index contributed by atoms with van der Waals surface area (Å²) in [4.78, 5) is 22.9. The van der Waals surface area contributed by atoms with Gasteiger partial charge in [0.05, 0.1) is 7.11 Å². The van der Waals surface area contributed by atoms with Crippen LogP contribution in [0.5, 0.6) is 5.75 Å². The van der Waals surface area contributed by atoms with Gasteiger partial charge in [-0.3, -0.25) is 4.79 Å². The first-order valence-corrected chi connectivity index (χ1v) is 5.62. The van der Waals surface area contributed by atoms with Crippen molar-refractivity contribution in [2.75, 3.05) is 7.11 Å². The fraction of sp³-hybridized carbons (Fsp3) is 0.500. The van der Waals surface area contributed by atoms with E-state index in [4.69, 9.17) is 0 Å². The van der Waals surface area contributed by atoms with Crippen molar-refractivity contribution >= 4 is 5.97 Å². The van der Waals surface area contributed by atoms with E-state index in [0.717, 1.165) is 25.3 Å². The van der Waals surface area contributed by atoms with E-state index in [0.29, 0.717) is 6.54 Å². The Morgan fingerprint density at radius 3 is 2.76 bits per heavy atom. The van der Waals surface area contributed by atoms with Gasteiger partial charge in [-0.2, -0.15) is 0 Å². The van der Waals surface area contributed by atoms with Crippen LogP contribution >= 0.6 is 0 Å². The monoisotopic (exact) mass is 239 g/mol. The van der Waals surface area contributed by atoms with Crippen molar-refractivity contribution < 1.29 is 14.6 Å². The minimum Gasteiger partial charge on any atom is -0.507 e. The summed E-state index contributed by atoms with van der Waals surface area (Å²) in [5, 5.41) is 9.47. The predicted octanol–water partition coefficient (Wildman–Crippen LogP) is 1.53. The summed E-state index contributed by atoms with van der Waals surface area (Å²) in [5.41, 5.74) is -0.296. The summed E-state index contributed by atoms with van der Waals surface area (Å²) in [6.45, 7) is 2.61. The number of nitrogens with zero attached hydrogens (tertiary/aromatic N) is 1. The maximum absolute atomic E-state index is 11.5. The van der Waals surface area contributed by atoms with E-state index in [2.05, 4.69) is 11.7 Å². The fourth-order valence-electron chi connectivity index (χ4n) is 1.54. The van der Waals surface area contributed by atoms with Crippen LogP contribution in [-0.4, -0.2) is 22.8 Å². The SMILES string of the molecule is CCCCCn1cc(C(=O)OC)c(O)cc1=O. The molecular weight excluding hydrogens is 222 g/mol. The zero-order chi connectivity index (χ0) is 12.8. The highest BCUT2D eigenvalue weighted by atomic mass is 16.5. The molecule has 17 heavy (non-hydrogen) atoms. The van der Waals surface area contributed by atoms with E-state index in [1.165, 1.54) is 17.9 Å². The largest absolute Gasteiger partial charge is 0.507 e. The van der Waals surface area contributed by atoms with Crippen LogP contribution in [0.1, 0.15) is 36.5 Å². The number of pyridine rings is 1. The van der Waals surface area contributed by atoms with Gasteiger partial charge in [0.15, 0.2) is 0 Å². The average Bonchev–Trinajstić information content (AvgIpc) is 2.31. The number of ether oxygens (including phenoxy) is 1. The van der Waals surface area contributed by atoms with Crippen molar-refractivity contribution in [1.29, 1.82) is 0 Å². The van der Waals surface area contributed by atoms with Gasteiger partial charge in [0.1, 0.15) is 11.3 Å². The Kier molecular flexibility index (Phi) is 4.75. The Bertz CT molecular complexity index is 450. The van der Waals surface area contributed by atoms with Gasteiger partial charge < -0.3 is 14.4 Å². The van der Waals surface area contributed by atoms with Crippen LogP contribution in [0.25, 0.3) is 0 Å². The number of hydrogen-bond donors (Lipinski definition) is 1. The molecule has 0 aromatic carbocycles. The number of aromatic nitrogens is 1. The molecule has 0 aliphatic heterocycles. The summed E-state index contributed by atoms with van der Waals surface area (Å²) < 4.78 is 5.94. The van der Waals surface area contributed by atoms with Crippen LogP contribution in [-0.2, 0) is 11.3 Å². The van der Waals surface area contributed by atoms with Crippen molar-refractivity contribution in [2.24, 2.45) is 0 Å². The van der Waals surface area contributed by atoms with Crippen LogP contribution in [0.15, 0.2) is 17.1 Å². The van der Waals surface area contributed by atoms with Crippen LogP contribution in [0.2, 0.25) is 0 Å². The Morgan fingerprint density at radius 2 is 2.18 bits per heavy atom. The quantitative estimate of drug-likeness (QED) is 0.625. The molecule has 0 saturated heterocycles. The zero-order valence-electron chi connectivity index (χ0n) is 10.1. The Morgan fingerprint density at radius 1 is 1.47 bits per heavy atom. The van der Waals surface area contributed by atoms with Crippen molar-refractivity contribution in [3.8, 4) is 5.75 Å². The molecule has 0 radical (unpaired) electrons. The normalized spacial score (nSPS) is 10.2. The van der Waals surface area contributed by atoms with Crippen molar-refractivity contribution in [3.05, 3.63) is 28.2 Å². The first-order valence-electron chi connectivity index (χ1n) is 5.62. The Hall–Kier alpha value is -1.78. The lowest BCUT2D eigenvalue weighted by atomic mass is 10.2. The van der Waals surface area contributed by atoms with Crippen LogP contribution in [0.3, 0.4) is 0 Å². The van der Waals surface area contributed by atoms with Gasteiger partial charge in [-0.15, -0.1) is 0 Å². The molecule has 1 heterocycles. The maximum Gasteiger partial charge on any atom is 0.343 e. The third-order valence-electron chi connectivity index (χ3n) is 2.51. The smallest absolute Gasteiger partial charge is 0.343 e. The molecule has 0 unspecified atom stereocenters. The highest BCUT2D eigenvalue weighted by Crippen LogP contribution is 2.14. The topological polar surface area (TPSA) is 68.5 Å². The van der Waals surface area contributed by atoms with Gasteiger partial charge in [-0.1, -0.05) is 19.8 Å². The molecule has 1 rings (SSSR count). The number of methoxy groups -OCH3 is 1. The number of hydrogen-bond acceptors (Lipinski definition) is 4. The van der Waals surface area contributed by atoms with Gasteiger partial charge in [-0.05, 0) is 6.42 Å². The number of aromatic hydroxyl groups is 1. The van der Waals surface area contributed by atoms with Crippen molar-refractivity contribution in [2.45, 2.75) is 32.7 Å². The van der Waals surface area contributed by atoms with Gasteiger partial charge in [0, 0.05) is 18.8 Å². The Labute approximate surface area is 99.6 Å². The second-order valence-corrected chi connectivity index (χ2v) is 3.80. The molecule has 1 N–H and O–H groups in total. The molecule has 0 saturated carbocycles. The van der Waals surface area contributed by atoms with Gasteiger partial charge in [0.25, 0.3) is 5.56 Å². The van der Waals surface area contributed by atoms with Crippen LogP contribution in [0.4, 0.5) is 0 Å². The molecule has 0 spiro atoms. The van der Waals surface area contributed by atoms with Crippen LogP contribution in [0, 0.1) is 0 Å². The number of carbonyl (C=O) groups is 1. The maximum atomic E-state index is 11.5.